The van der Waals surface area contributed by atoms with Gasteiger partial charge in [-0.25, -0.2) is 4.39 Å². The third kappa shape index (κ3) is 6.37. The Balaban J connectivity index is 1.75. The zero-order valence-electron chi connectivity index (χ0n) is 14.4. The molecule has 0 unspecified atom stereocenters. The molecular weight excluding hydrogens is 319 g/mol. The van der Waals surface area contributed by atoms with Crippen molar-refractivity contribution in [2.45, 2.75) is 26.3 Å². The lowest BCUT2D eigenvalue weighted by atomic mass is 10.1. The van der Waals surface area contributed by atoms with Gasteiger partial charge in [0, 0.05) is 33.0 Å². The summed E-state index contributed by atoms with van der Waals surface area (Å²) in [6.07, 6.45) is 0.669. The predicted octanol–water partition coefficient (Wildman–Crippen LogP) is 2.92. The fourth-order valence-electron chi connectivity index (χ4n) is 2.51. The number of hydrogen-bond donors (Lipinski definition) is 1. The van der Waals surface area contributed by atoms with E-state index in [9.17, 15) is 14.0 Å². The van der Waals surface area contributed by atoms with Crippen molar-refractivity contribution in [1.29, 1.82) is 0 Å². The van der Waals surface area contributed by atoms with E-state index in [4.69, 9.17) is 0 Å². The molecule has 2 amide bonds. The average molecular weight is 342 g/mol. The van der Waals surface area contributed by atoms with Gasteiger partial charge < -0.3 is 10.2 Å². The normalized spacial score (nSPS) is 10.3. The third-order valence-corrected chi connectivity index (χ3v) is 3.94. The van der Waals surface area contributed by atoms with E-state index < -0.39 is 0 Å². The van der Waals surface area contributed by atoms with Crippen LogP contribution < -0.4 is 5.32 Å². The summed E-state index contributed by atoms with van der Waals surface area (Å²) in [5.41, 5.74) is 1.61. The standard InChI is InChI=1S/C20H23FN2O2/c1-16(24)23(15-17-7-3-2-4-8-17)14-12-20(25)22-13-11-18-9-5-6-10-19(18)21/h2-10H,11-15H2,1H3,(H,22,25). The lowest BCUT2D eigenvalue weighted by molar-refractivity contribution is -0.130. The number of rotatable bonds is 8. The molecule has 2 aromatic rings. The summed E-state index contributed by atoms with van der Waals surface area (Å²) in [6, 6.07) is 16.2. The second-order valence-corrected chi connectivity index (χ2v) is 5.87. The van der Waals surface area contributed by atoms with Crippen LogP contribution in [0.5, 0.6) is 0 Å². The zero-order valence-corrected chi connectivity index (χ0v) is 14.4. The number of nitrogens with zero attached hydrogens (tertiary/aromatic N) is 1. The molecule has 0 atom stereocenters. The lowest BCUT2D eigenvalue weighted by Crippen LogP contribution is -2.34. The van der Waals surface area contributed by atoms with Crippen molar-refractivity contribution in [3.63, 3.8) is 0 Å². The zero-order chi connectivity index (χ0) is 18.1. The number of benzene rings is 2. The van der Waals surface area contributed by atoms with E-state index in [2.05, 4.69) is 5.32 Å². The van der Waals surface area contributed by atoms with Crippen molar-refractivity contribution in [3.8, 4) is 0 Å². The van der Waals surface area contributed by atoms with Crippen LogP contribution in [-0.2, 0) is 22.6 Å². The number of carbonyl (C=O) groups is 2. The largest absolute Gasteiger partial charge is 0.356 e. The fraction of sp³-hybridized carbons (Fsp3) is 0.300. The van der Waals surface area contributed by atoms with E-state index >= 15 is 0 Å². The minimum Gasteiger partial charge on any atom is -0.356 e. The summed E-state index contributed by atoms with van der Waals surface area (Å²) in [6.45, 7) is 2.71. The van der Waals surface area contributed by atoms with Gasteiger partial charge in [-0.15, -0.1) is 0 Å². The molecule has 0 aromatic heterocycles. The maximum atomic E-state index is 13.5. The molecule has 5 heteroatoms. The highest BCUT2D eigenvalue weighted by atomic mass is 19.1. The average Bonchev–Trinajstić information content (AvgIpc) is 2.61. The molecule has 0 aliphatic rings. The highest BCUT2D eigenvalue weighted by Crippen LogP contribution is 2.07. The van der Waals surface area contributed by atoms with Crippen molar-refractivity contribution >= 4 is 11.8 Å². The second-order valence-electron chi connectivity index (χ2n) is 5.87. The van der Waals surface area contributed by atoms with Crippen LogP contribution in [-0.4, -0.2) is 29.8 Å². The van der Waals surface area contributed by atoms with Crippen LogP contribution in [0, 0.1) is 5.82 Å². The fourth-order valence-corrected chi connectivity index (χ4v) is 2.51. The SMILES string of the molecule is CC(=O)N(CCC(=O)NCCc1ccccc1F)Cc1ccccc1. The van der Waals surface area contributed by atoms with Gasteiger partial charge in [0.1, 0.15) is 5.82 Å². The van der Waals surface area contributed by atoms with Crippen LogP contribution in [0.1, 0.15) is 24.5 Å². The molecule has 25 heavy (non-hydrogen) atoms. The number of halogens is 1. The van der Waals surface area contributed by atoms with Crippen molar-refractivity contribution < 1.29 is 14.0 Å². The Morgan fingerprint density at radius 3 is 2.40 bits per heavy atom. The first-order valence-electron chi connectivity index (χ1n) is 8.36. The van der Waals surface area contributed by atoms with E-state index in [1.54, 1.807) is 23.1 Å². The number of carbonyl (C=O) groups excluding carboxylic acids is 2. The molecular formula is C20H23FN2O2. The molecule has 0 aliphatic heterocycles. The van der Waals surface area contributed by atoms with Crippen LogP contribution in [0.25, 0.3) is 0 Å². The molecule has 0 bridgehead atoms. The Hall–Kier alpha value is -2.69. The minimum atomic E-state index is -0.262. The Bertz CT molecular complexity index is 704. The number of amides is 2. The van der Waals surface area contributed by atoms with E-state index in [0.717, 1.165) is 5.56 Å². The molecule has 0 aliphatic carbocycles. The lowest BCUT2D eigenvalue weighted by Gasteiger charge is -2.21. The molecule has 0 radical (unpaired) electrons. The first-order chi connectivity index (χ1) is 12.1. The molecule has 2 rings (SSSR count). The highest BCUT2D eigenvalue weighted by molar-refractivity contribution is 5.78. The first-order valence-corrected chi connectivity index (χ1v) is 8.36. The van der Waals surface area contributed by atoms with E-state index in [1.165, 1.54) is 13.0 Å². The minimum absolute atomic E-state index is 0.0667. The molecule has 0 heterocycles. The maximum Gasteiger partial charge on any atom is 0.221 e. The highest BCUT2D eigenvalue weighted by Gasteiger charge is 2.12. The van der Waals surface area contributed by atoms with Gasteiger partial charge in [0.05, 0.1) is 0 Å². The quantitative estimate of drug-likeness (QED) is 0.802. The van der Waals surface area contributed by atoms with E-state index in [1.807, 2.05) is 30.3 Å². The van der Waals surface area contributed by atoms with E-state index in [-0.39, 0.29) is 24.1 Å². The molecule has 0 spiro atoms. The molecule has 0 saturated carbocycles. The first kappa shape index (κ1) is 18.6. The van der Waals surface area contributed by atoms with Crippen LogP contribution in [0.4, 0.5) is 4.39 Å². The van der Waals surface area contributed by atoms with Crippen molar-refractivity contribution in [3.05, 3.63) is 71.5 Å². The summed E-state index contributed by atoms with van der Waals surface area (Å²) >= 11 is 0. The molecule has 0 fully saturated rings. The predicted molar refractivity (Wildman–Crippen MR) is 95.3 cm³/mol. The van der Waals surface area contributed by atoms with Gasteiger partial charge in [-0.1, -0.05) is 48.5 Å². The molecule has 4 nitrogen and oxygen atoms in total. The van der Waals surface area contributed by atoms with Crippen molar-refractivity contribution in [2.75, 3.05) is 13.1 Å². The smallest absolute Gasteiger partial charge is 0.221 e. The van der Waals surface area contributed by atoms with Gasteiger partial charge in [0.15, 0.2) is 0 Å². The Labute approximate surface area is 147 Å². The number of nitrogens with one attached hydrogen (secondary N) is 1. The molecule has 1 N–H and O–H groups in total. The van der Waals surface area contributed by atoms with Crippen LogP contribution >= 0.6 is 0 Å². The summed E-state index contributed by atoms with van der Waals surface area (Å²) in [5, 5.41) is 2.77. The summed E-state index contributed by atoms with van der Waals surface area (Å²) in [5.74, 6) is -0.471. The van der Waals surface area contributed by atoms with Crippen molar-refractivity contribution in [2.24, 2.45) is 0 Å². The van der Waals surface area contributed by atoms with Crippen LogP contribution in [0.2, 0.25) is 0 Å². The van der Waals surface area contributed by atoms with E-state index in [0.29, 0.717) is 31.6 Å². The molecule has 132 valence electrons. The third-order valence-electron chi connectivity index (χ3n) is 3.94. The Morgan fingerprint density at radius 1 is 1.04 bits per heavy atom. The van der Waals surface area contributed by atoms with Gasteiger partial charge in [0.25, 0.3) is 0 Å². The van der Waals surface area contributed by atoms with Gasteiger partial charge in [-0.3, -0.25) is 9.59 Å². The van der Waals surface area contributed by atoms with Crippen molar-refractivity contribution in [1.82, 2.24) is 10.2 Å². The maximum absolute atomic E-state index is 13.5. The number of hydrogen-bond acceptors (Lipinski definition) is 2. The van der Waals surface area contributed by atoms with Crippen LogP contribution in [0.3, 0.4) is 0 Å². The molecule has 0 saturated heterocycles. The van der Waals surface area contributed by atoms with Gasteiger partial charge in [0.2, 0.25) is 11.8 Å². The summed E-state index contributed by atoms with van der Waals surface area (Å²) in [4.78, 5) is 25.3. The van der Waals surface area contributed by atoms with Crippen LogP contribution in [0.15, 0.2) is 54.6 Å². The van der Waals surface area contributed by atoms with Gasteiger partial charge >= 0.3 is 0 Å². The Morgan fingerprint density at radius 2 is 1.72 bits per heavy atom. The monoisotopic (exact) mass is 342 g/mol. The van der Waals surface area contributed by atoms with Gasteiger partial charge in [-0.2, -0.15) is 0 Å². The van der Waals surface area contributed by atoms with Gasteiger partial charge in [-0.05, 0) is 23.6 Å². The topological polar surface area (TPSA) is 49.4 Å². The Kier molecular flexibility index (Phi) is 7.14. The summed E-state index contributed by atoms with van der Waals surface area (Å²) in [7, 11) is 0. The molecule has 2 aromatic carbocycles. The second kappa shape index (κ2) is 9.57. The summed E-state index contributed by atoms with van der Waals surface area (Å²) < 4.78 is 13.5.